The maximum Gasteiger partial charge on any atom is 0.267 e. The number of hydrogen-bond acceptors (Lipinski definition) is 4. The van der Waals surface area contributed by atoms with Gasteiger partial charge in [-0.2, -0.15) is 0 Å². The molecule has 2 aromatic carbocycles. The number of thiazole rings is 1. The summed E-state index contributed by atoms with van der Waals surface area (Å²) in [6.07, 6.45) is 0. The minimum absolute atomic E-state index is 0.239. The molecule has 2 N–H and O–H groups in total. The lowest BCUT2D eigenvalue weighted by molar-refractivity contribution is 0.101. The fourth-order valence-electron chi connectivity index (χ4n) is 2.37. The first-order chi connectivity index (χ1) is 12.4. The average Bonchev–Trinajstić information content (AvgIpc) is 2.97. The Morgan fingerprint density at radius 2 is 1.65 bits per heavy atom. The van der Waals surface area contributed by atoms with E-state index in [4.69, 9.17) is 0 Å². The molecule has 1 heterocycles. The molecule has 0 saturated heterocycles. The van der Waals surface area contributed by atoms with Crippen LogP contribution in [0.15, 0.2) is 53.0 Å². The molecule has 0 aliphatic rings. The third-order valence-electron chi connectivity index (χ3n) is 3.72. The Hall–Kier alpha value is -2.51. The van der Waals surface area contributed by atoms with Gasteiger partial charge in [0, 0.05) is 15.7 Å². The highest BCUT2D eigenvalue weighted by Crippen LogP contribution is 2.25. The monoisotopic (exact) mass is 429 g/mol. The molecule has 0 fully saturated rings. The van der Waals surface area contributed by atoms with Gasteiger partial charge in [-0.15, -0.1) is 0 Å². The molecule has 5 nitrogen and oxygen atoms in total. The molecule has 0 aliphatic heterocycles. The number of aromatic nitrogens is 1. The van der Waals surface area contributed by atoms with E-state index in [1.54, 1.807) is 25.1 Å². The van der Waals surface area contributed by atoms with Crippen LogP contribution in [0.3, 0.4) is 0 Å². The highest BCUT2D eigenvalue weighted by molar-refractivity contribution is 9.10. The van der Waals surface area contributed by atoms with Crippen LogP contribution in [0.1, 0.15) is 31.3 Å². The maximum atomic E-state index is 12.5. The number of halogens is 1. The molecule has 0 aliphatic carbocycles. The van der Waals surface area contributed by atoms with Crippen LogP contribution in [0.2, 0.25) is 0 Å². The van der Waals surface area contributed by atoms with Gasteiger partial charge < -0.3 is 5.32 Å². The van der Waals surface area contributed by atoms with E-state index in [9.17, 15) is 9.59 Å². The van der Waals surface area contributed by atoms with E-state index in [-0.39, 0.29) is 11.8 Å². The van der Waals surface area contributed by atoms with E-state index >= 15 is 0 Å². The number of nitrogens with one attached hydrogen (secondary N) is 2. The molecule has 132 valence electrons. The van der Waals surface area contributed by atoms with Crippen molar-refractivity contribution in [3.05, 3.63) is 74.7 Å². The van der Waals surface area contributed by atoms with E-state index in [0.29, 0.717) is 27.0 Å². The Kier molecular flexibility index (Phi) is 5.49. The number of hydrogen-bond donors (Lipinski definition) is 2. The summed E-state index contributed by atoms with van der Waals surface area (Å²) in [6.45, 7) is 3.62. The van der Waals surface area contributed by atoms with Gasteiger partial charge in [-0.3, -0.25) is 14.9 Å². The van der Waals surface area contributed by atoms with Gasteiger partial charge in [0.15, 0.2) is 5.13 Å². The van der Waals surface area contributed by atoms with E-state index in [0.717, 1.165) is 21.4 Å². The van der Waals surface area contributed by atoms with E-state index in [1.807, 2.05) is 37.3 Å². The molecule has 1 aromatic heterocycles. The summed E-state index contributed by atoms with van der Waals surface area (Å²) in [5, 5.41) is 6.00. The minimum Gasteiger partial charge on any atom is -0.321 e. The molecule has 0 unspecified atom stereocenters. The Morgan fingerprint density at radius 1 is 0.962 bits per heavy atom. The lowest BCUT2D eigenvalue weighted by Crippen LogP contribution is -2.13. The summed E-state index contributed by atoms with van der Waals surface area (Å²) in [5.74, 6) is -0.490. The molecule has 0 radical (unpaired) electrons. The van der Waals surface area contributed by atoms with Gasteiger partial charge in [0.1, 0.15) is 4.88 Å². The first-order valence-electron chi connectivity index (χ1n) is 7.85. The first-order valence-corrected chi connectivity index (χ1v) is 9.46. The number of carbonyl (C=O) groups excluding carboxylic acids is 2. The summed E-state index contributed by atoms with van der Waals surface area (Å²) in [7, 11) is 0. The zero-order chi connectivity index (χ0) is 18.7. The van der Waals surface area contributed by atoms with Crippen molar-refractivity contribution in [1.29, 1.82) is 0 Å². The minimum atomic E-state index is -0.251. The van der Waals surface area contributed by atoms with Crippen LogP contribution in [0.5, 0.6) is 0 Å². The Balaban J connectivity index is 1.74. The van der Waals surface area contributed by atoms with Crippen molar-refractivity contribution in [3.8, 4) is 0 Å². The van der Waals surface area contributed by atoms with Crippen molar-refractivity contribution in [2.24, 2.45) is 0 Å². The van der Waals surface area contributed by atoms with Crippen LogP contribution in [0, 0.1) is 13.8 Å². The summed E-state index contributed by atoms with van der Waals surface area (Å²) < 4.78 is 0.936. The third-order valence-corrected chi connectivity index (χ3v) is 5.32. The van der Waals surface area contributed by atoms with Gasteiger partial charge in [0.2, 0.25) is 0 Å². The van der Waals surface area contributed by atoms with E-state index in [2.05, 4.69) is 31.5 Å². The van der Waals surface area contributed by atoms with Crippen LogP contribution in [0.25, 0.3) is 0 Å². The number of nitrogens with zero attached hydrogens (tertiary/aromatic N) is 1. The van der Waals surface area contributed by atoms with Gasteiger partial charge in [0.05, 0.1) is 5.69 Å². The summed E-state index contributed by atoms with van der Waals surface area (Å²) in [6, 6.07) is 14.6. The number of amides is 2. The van der Waals surface area contributed by atoms with Crippen molar-refractivity contribution in [1.82, 2.24) is 4.98 Å². The van der Waals surface area contributed by atoms with Gasteiger partial charge >= 0.3 is 0 Å². The van der Waals surface area contributed by atoms with Crippen LogP contribution >= 0.6 is 27.3 Å². The number of anilines is 2. The Labute approximate surface area is 163 Å². The van der Waals surface area contributed by atoms with Crippen molar-refractivity contribution >= 4 is 49.9 Å². The molecule has 0 bridgehead atoms. The molecule has 7 heteroatoms. The molecule has 26 heavy (non-hydrogen) atoms. The summed E-state index contributed by atoms with van der Waals surface area (Å²) in [4.78, 5) is 29.6. The molecule has 2 amide bonds. The zero-order valence-electron chi connectivity index (χ0n) is 14.2. The normalized spacial score (nSPS) is 10.4. The molecular formula is C19H16BrN3O2S. The fourth-order valence-corrected chi connectivity index (χ4v) is 3.49. The van der Waals surface area contributed by atoms with Gasteiger partial charge in [-0.05, 0) is 49.7 Å². The van der Waals surface area contributed by atoms with Crippen molar-refractivity contribution < 1.29 is 9.59 Å². The first kappa shape index (κ1) is 18.3. The predicted octanol–water partition coefficient (Wildman–Crippen LogP) is 5.03. The Bertz CT molecular complexity index is 967. The van der Waals surface area contributed by atoms with Crippen LogP contribution in [-0.4, -0.2) is 16.8 Å². The molecule has 3 rings (SSSR count). The molecule has 3 aromatic rings. The summed E-state index contributed by atoms with van der Waals surface area (Å²) >= 11 is 4.51. The highest BCUT2D eigenvalue weighted by Gasteiger charge is 2.18. The lowest BCUT2D eigenvalue weighted by Gasteiger charge is -2.04. The number of aryl methyl sites for hydroxylation is 2. The number of benzene rings is 2. The fraction of sp³-hybridized carbons (Fsp3) is 0.105. The van der Waals surface area contributed by atoms with Crippen LogP contribution < -0.4 is 10.6 Å². The van der Waals surface area contributed by atoms with Gasteiger partial charge in [0.25, 0.3) is 11.8 Å². The lowest BCUT2D eigenvalue weighted by atomic mass is 10.1. The highest BCUT2D eigenvalue weighted by atomic mass is 79.9. The summed E-state index contributed by atoms with van der Waals surface area (Å²) in [5.41, 5.74) is 2.73. The van der Waals surface area contributed by atoms with E-state index < -0.39 is 0 Å². The quantitative estimate of drug-likeness (QED) is 0.610. The Morgan fingerprint density at radius 3 is 2.35 bits per heavy atom. The van der Waals surface area contributed by atoms with E-state index in [1.165, 1.54) is 0 Å². The number of carbonyl (C=O) groups is 2. The zero-order valence-corrected chi connectivity index (χ0v) is 16.6. The molecule has 0 atom stereocenters. The van der Waals surface area contributed by atoms with Crippen molar-refractivity contribution in [3.63, 3.8) is 0 Å². The van der Waals surface area contributed by atoms with Crippen molar-refractivity contribution in [2.45, 2.75) is 13.8 Å². The predicted molar refractivity (Wildman–Crippen MR) is 108 cm³/mol. The largest absolute Gasteiger partial charge is 0.321 e. The second kappa shape index (κ2) is 7.80. The SMILES string of the molecule is Cc1ccccc1C(=O)Nc1nc(C)c(C(=O)Nc2ccc(Br)cc2)s1. The van der Waals surface area contributed by atoms with Crippen LogP contribution in [0.4, 0.5) is 10.8 Å². The molecule has 0 spiro atoms. The average molecular weight is 430 g/mol. The van der Waals surface area contributed by atoms with Crippen LogP contribution in [-0.2, 0) is 0 Å². The topological polar surface area (TPSA) is 71.1 Å². The maximum absolute atomic E-state index is 12.5. The second-order valence-corrected chi connectivity index (χ2v) is 7.58. The molecule has 0 saturated carbocycles. The standard InChI is InChI=1S/C19H16BrN3O2S/c1-11-5-3-4-6-15(11)17(24)23-19-21-12(2)16(26-19)18(25)22-14-9-7-13(20)8-10-14/h3-10H,1-2H3,(H,22,25)(H,21,23,24). The second-order valence-electron chi connectivity index (χ2n) is 5.66. The smallest absolute Gasteiger partial charge is 0.267 e. The van der Waals surface area contributed by atoms with Gasteiger partial charge in [-0.1, -0.05) is 45.5 Å². The third kappa shape index (κ3) is 4.17. The van der Waals surface area contributed by atoms with Crippen molar-refractivity contribution in [2.75, 3.05) is 10.6 Å². The number of rotatable bonds is 4. The van der Waals surface area contributed by atoms with Gasteiger partial charge in [-0.25, -0.2) is 4.98 Å². The molecular weight excluding hydrogens is 414 g/mol.